The lowest BCUT2D eigenvalue weighted by Gasteiger charge is -2.28. The molecule has 17 nitrogen and oxygen atoms in total. The number of hydrogen-bond donors (Lipinski definition) is 5. The van der Waals surface area contributed by atoms with Crippen molar-refractivity contribution >= 4 is 29.4 Å². The second-order valence-electron chi connectivity index (χ2n) is 9.18. The van der Waals surface area contributed by atoms with Crippen molar-refractivity contribution in [2.75, 3.05) is 59.1 Å². The lowest BCUT2D eigenvalue weighted by Crippen LogP contribution is -2.44. The summed E-state index contributed by atoms with van der Waals surface area (Å²) in [5, 5.41) is 50.3. The first kappa shape index (κ1) is 50.3. The van der Waals surface area contributed by atoms with Crippen molar-refractivity contribution in [2.45, 2.75) is 40.7 Å². The van der Waals surface area contributed by atoms with Crippen molar-refractivity contribution in [1.82, 2.24) is 14.7 Å². The van der Waals surface area contributed by atoms with E-state index in [1.807, 2.05) is 30.3 Å². The molecule has 0 spiro atoms. The molecule has 0 aliphatic carbocycles. The molecule has 2 rings (SSSR count). The Labute approximate surface area is 280 Å². The minimum atomic E-state index is -1.82. The van der Waals surface area contributed by atoms with Gasteiger partial charge in [0.05, 0.1) is 11.5 Å². The normalized spacial score (nSPS) is 9.33. The lowest BCUT2D eigenvalue weighted by atomic mass is 10.1. The Balaban J connectivity index is -0.000000596. The number of nitro benzene ring substituents is 1. The standard InChI is InChI=1S/C25H34N4O5.C2H2O4.2C2H6O.2H2O/c1-3-26(4-2)15-8-16-28(25(32)22-11-13-23(14-12-22)29(33)34)20-24(31)27(17-18-30)19-21-9-6-5-7-10-21;3-1(4)2(5)6;2*1-2-3;;/h5-7,9-14,30H,3-4,8,15-20H2,1-2H3;(H,3,4)(H,5,6);2*3H,2H2,1H3;2*1H2. The van der Waals surface area contributed by atoms with E-state index in [9.17, 15) is 24.8 Å². The number of aliphatic carboxylic acids is 2. The zero-order valence-corrected chi connectivity index (χ0v) is 27.9. The average Bonchev–Trinajstić information content (AvgIpc) is 3.03. The van der Waals surface area contributed by atoms with Gasteiger partial charge in [-0.25, -0.2) is 9.59 Å². The van der Waals surface area contributed by atoms with Crippen molar-refractivity contribution in [2.24, 2.45) is 0 Å². The molecule has 274 valence electrons. The number of non-ortho nitro benzene ring substituents is 1. The largest absolute Gasteiger partial charge is 0.473 e. The summed E-state index contributed by atoms with van der Waals surface area (Å²) in [6, 6.07) is 14.9. The molecule has 0 aromatic heterocycles. The molecule has 48 heavy (non-hydrogen) atoms. The fourth-order valence-corrected chi connectivity index (χ4v) is 3.67. The highest BCUT2D eigenvalue weighted by atomic mass is 16.6. The first-order valence-electron chi connectivity index (χ1n) is 14.7. The van der Waals surface area contributed by atoms with E-state index in [1.54, 1.807) is 13.8 Å². The lowest BCUT2D eigenvalue weighted by molar-refractivity contribution is -0.384. The molecule has 0 saturated heterocycles. The van der Waals surface area contributed by atoms with Gasteiger partial charge < -0.3 is 51.2 Å². The molecule has 0 unspecified atom stereocenters. The number of aliphatic hydroxyl groups excluding tert-OH is 3. The third-order valence-corrected chi connectivity index (χ3v) is 5.86. The topological polar surface area (TPSA) is 285 Å². The number of amides is 2. The zero-order chi connectivity index (χ0) is 35.5. The van der Waals surface area contributed by atoms with Gasteiger partial charge in [0.2, 0.25) is 5.91 Å². The van der Waals surface area contributed by atoms with E-state index in [1.165, 1.54) is 34.1 Å². The number of nitro groups is 1. The summed E-state index contributed by atoms with van der Waals surface area (Å²) < 4.78 is 0. The predicted molar refractivity (Wildman–Crippen MR) is 178 cm³/mol. The van der Waals surface area contributed by atoms with Crippen LogP contribution in [0.2, 0.25) is 0 Å². The number of carbonyl (C=O) groups is 4. The summed E-state index contributed by atoms with van der Waals surface area (Å²) in [7, 11) is 0. The van der Waals surface area contributed by atoms with E-state index in [-0.39, 0.29) is 66.9 Å². The van der Waals surface area contributed by atoms with Gasteiger partial charge in [-0.2, -0.15) is 0 Å². The summed E-state index contributed by atoms with van der Waals surface area (Å²) in [5.74, 6) is -4.27. The Morgan fingerprint density at radius 3 is 1.60 bits per heavy atom. The van der Waals surface area contributed by atoms with Crippen molar-refractivity contribution in [3.8, 4) is 0 Å². The molecule has 2 aromatic rings. The molecular formula is C31H52N4O13. The summed E-state index contributed by atoms with van der Waals surface area (Å²) in [5.41, 5.74) is 1.12. The van der Waals surface area contributed by atoms with Gasteiger partial charge in [-0.15, -0.1) is 0 Å². The molecule has 0 heterocycles. The second kappa shape index (κ2) is 31.1. The average molecular weight is 689 g/mol. The van der Waals surface area contributed by atoms with Gasteiger partial charge in [-0.1, -0.05) is 44.2 Å². The molecule has 9 N–H and O–H groups in total. The minimum Gasteiger partial charge on any atom is -0.473 e. The Morgan fingerprint density at radius 2 is 1.21 bits per heavy atom. The predicted octanol–water partition coefficient (Wildman–Crippen LogP) is 0.293. The maximum atomic E-state index is 13.2. The van der Waals surface area contributed by atoms with E-state index in [4.69, 9.17) is 30.0 Å². The SMILES string of the molecule is CCN(CC)CCCN(CC(=O)N(CCO)Cc1ccccc1)C(=O)c1ccc([N+](=O)[O-])cc1.CCO.CCO.O.O.O=C(O)C(=O)O. The van der Waals surface area contributed by atoms with Gasteiger partial charge in [0, 0.05) is 50.5 Å². The maximum Gasteiger partial charge on any atom is 0.414 e. The van der Waals surface area contributed by atoms with E-state index in [2.05, 4.69) is 18.7 Å². The molecule has 0 saturated carbocycles. The number of rotatable bonds is 14. The van der Waals surface area contributed by atoms with Crippen LogP contribution in [-0.4, -0.2) is 139 Å². The number of hydrogen-bond acceptors (Lipinski definition) is 10. The zero-order valence-electron chi connectivity index (χ0n) is 27.9. The molecular weight excluding hydrogens is 636 g/mol. The number of carbonyl (C=O) groups excluding carboxylic acids is 2. The van der Waals surface area contributed by atoms with E-state index >= 15 is 0 Å². The fourth-order valence-electron chi connectivity index (χ4n) is 3.67. The van der Waals surface area contributed by atoms with Crippen LogP contribution < -0.4 is 0 Å². The number of aliphatic hydroxyl groups is 3. The molecule has 0 atom stereocenters. The molecule has 0 fully saturated rings. The van der Waals surface area contributed by atoms with Gasteiger partial charge in [-0.05, 0) is 57.6 Å². The number of carboxylic acid groups (broad SMARTS) is 2. The van der Waals surface area contributed by atoms with E-state index in [0.717, 1.165) is 25.2 Å². The van der Waals surface area contributed by atoms with Crippen LogP contribution in [0.25, 0.3) is 0 Å². The summed E-state index contributed by atoms with van der Waals surface area (Å²) in [6.07, 6.45) is 0.687. The number of benzene rings is 2. The molecule has 17 heteroatoms. The van der Waals surface area contributed by atoms with Crippen molar-refractivity contribution in [1.29, 1.82) is 0 Å². The molecule has 2 amide bonds. The number of carboxylic acids is 2. The summed E-state index contributed by atoms with van der Waals surface area (Å²) >= 11 is 0. The monoisotopic (exact) mass is 688 g/mol. The van der Waals surface area contributed by atoms with Crippen molar-refractivity contribution in [3.63, 3.8) is 0 Å². The van der Waals surface area contributed by atoms with Crippen LogP contribution in [0, 0.1) is 10.1 Å². The minimum absolute atomic E-state index is 0. The van der Waals surface area contributed by atoms with Crippen molar-refractivity contribution in [3.05, 3.63) is 75.8 Å². The van der Waals surface area contributed by atoms with E-state index < -0.39 is 16.9 Å². The smallest absolute Gasteiger partial charge is 0.414 e. The molecule has 2 aromatic carbocycles. The third kappa shape index (κ3) is 22.9. The van der Waals surface area contributed by atoms with Crippen LogP contribution >= 0.6 is 0 Å². The Hall–Kier alpha value is -4.52. The highest BCUT2D eigenvalue weighted by Crippen LogP contribution is 2.15. The van der Waals surface area contributed by atoms with Crippen LogP contribution in [-0.2, 0) is 20.9 Å². The molecule has 0 aliphatic heterocycles. The van der Waals surface area contributed by atoms with Crippen LogP contribution in [0.4, 0.5) is 5.69 Å². The van der Waals surface area contributed by atoms with Crippen molar-refractivity contribution < 1.29 is 60.6 Å². The third-order valence-electron chi connectivity index (χ3n) is 5.86. The van der Waals surface area contributed by atoms with Crippen LogP contribution in [0.5, 0.6) is 0 Å². The maximum absolute atomic E-state index is 13.2. The van der Waals surface area contributed by atoms with Gasteiger partial charge in [0.25, 0.3) is 11.6 Å². The molecule has 0 radical (unpaired) electrons. The first-order valence-corrected chi connectivity index (χ1v) is 14.7. The quantitative estimate of drug-likeness (QED) is 0.102. The van der Waals surface area contributed by atoms with Crippen LogP contribution in [0.15, 0.2) is 54.6 Å². The van der Waals surface area contributed by atoms with Gasteiger partial charge in [-0.3, -0.25) is 19.7 Å². The Morgan fingerprint density at radius 1 is 0.729 bits per heavy atom. The second-order valence-corrected chi connectivity index (χ2v) is 9.18. The van der Waals surface area contributed by atoms with Gasteiger partial charge in [0.1, 0.15) is 6.54 Å². The van der Waals surface area contributed by atoms with Crippen LogP contribution in [0.3, 0.4) is 0 Å². The van der Waals surface area contributed by atoms with E-state index in [0.29, 0.717) is 19.5 Å². The molecule has 0 aliphatic rings. The summed E-state index contributed by atoms with van der Waals surface area (Å²) in [6.45, 7) is 11.1. The highest BCUT2D eigenvalue weighted by molar-refractivity contribution is 6.27. The van der Waals surface area contributed by atoms with Gasteiger partial charge >= 0.3 is 11.9 Å². The van der Waals surface area contributed by atoms with Crippen LogP contribution in [0.1, 0.15) is 50.0 Å². The first-order chi connectivity index (χ1) is 21.9. The highest BCUT2D eigenvalue weighted by Gasteiger charge is 2.23. The Kier molecular flexibility index (Phi) is 32.6. The number of nitrogens with zero attached hydrogens (tertiary/aromatic N) is 4. The Bertz CT molecular complexity index is 1130. The summed E-state index contributed by atoms with van der Waals surface area (Å²) in [4.78, 5) is 60.3. The fraction of sp³-hybridized carbons (Fsp3) is 0.484. The van der Waals surface area contributed by atoms with Gasteiger partial charge in [0.15, 0.2) is 0 Å². The molecule has 0 bridgehead atoms.